The zero-order chi connectivity index (χ0) is 16.2. The van der Waals surface area contributed by atoms with Crippen molar-refractivity contribution >= 4 is 12.6 Å². The van der Waals surface area contributed by atoms with E-state index in [1.165, 1.54) is 7.11 Å². The van der Waals surface area contributed by atoms with Crippen molar-refractivity contribution in [1.29, 1.82) is 0 Å². The lowest BCUT2D eigenvalue weighted by Gasteiger charge is -2.16. The van der Waals surface area contributed by atoms with Gasteiger partial charge >= 0.3 is 7.12 Å². The number of benzene rings is 2. The highest BCUT2D eigenvalue weighted by Crippen LogP contribution is 2.40. The van der Waals surface area contributed by atoms with Gasteiger partial charge in [0.1, 0.15) is 0 Å². The second-order valence-electron chi connectivity index (χ2n) is 5.07. The Balaban J connectivity index is 1.83. The van der Waals surface area contributed by atoms with Crippen LogP contribution in [0.3, 0.4) is 0 Å². The first-order valence-corrected chi connectivity index (χ1v) is 7.18. The topological polar surface area (TPSA) is 77.4 Å². The van der Waals surface area contributed by atoms with Crippen LogP contribution in [0.25, 0.3) is 0 Å². The number of hydrogen-bond acceptors (Lipinski definition) is 6. The smallest absolute Gasteiger partial charge is 0.492 e. The third kappa shape index (κ3) is 3.26. The molecule has 23 heavy (non-hydrogen) atoms. The van der Waals surface area contributed by atoms with Crippen molar-refractivity contribution in [3.8, 4) is 17.2 Å². The average molecular weight is 316 g/mol. The Morgan fingerprint density at radius 1 is 1.13 bits per heavy atom. The minimum atomic E-state index is -1.70. The van der Waals surface area contributed by atoms with E-state index in [1.54, 1.807) is 6.07 Å². The van der Waals surface area contributed by atoms with E-state index in [1.807, 2.05) is 30.3 Å². The molecule has 0 saturated carbocycles. The molecule has 2 aromatic rings. The predicted octanol–water partition coefficient (Wildman–Crippen LogP) is 0.820. The van der Waals surface area contributed by atoms with Gasteiger partial charge in [-0.25, -0.2) is 0 Å². The molecule has 1 aliphatic heterocycles. The summed E-state index contributed by atoms with van der Waals surface area (Å²) in [6.45, 7) is 0.675. The Bertz CT molecular complexity index is 674. The van der Waals surface area contributed by atoms with Crippen molar-refractivity contribution in [2.45, 2.75) is 13.2 Å². The number of rotatable bonds is 6. The van der Waals surface area contributed by atoms with E-state index in [0.717, 1.165) is 5.56 Å². The molecule has 0 radical (unpaired) electrons. The van der Waals surface area contributed by atoms with Crippen LogP contribution in [0.4, 0.5) is 0 Å². The summed E-state index contributed by atoms with van der Waals surface area (Å²) in [4.78, 5) is 0. The average Bonchev–Trinajstić information content (AvgIpc) is 3.02. The van der Waals surface area contributed by atoms with Crippen molar-refractivity contribution in [2.24, 2.45) is 0 Å². The molecule has 3 rings (SSSR count). The van der Waals surface area contributed by atoms with E-state index in [0.29, 0.717) is 23.7 Å². The minimum absolute atomic E-state index is 0.0704. The molecule has 0 unspecified atom stereocenters. The Hall–Kier alpha value is -2.22. The SMILES string of the molecule is COc1c2c(cc(COCc3ccccc3)c1B(O)O)OCO2. The molecule has 120 valence electrons. The van der Waals surface area contributed by atoms with Crippen molar-refractivity contribution < 1.29 is 29.0 Å². The zero-order valence-electron chi connectivity index (χ0n) is 12.7. The van der Waals surface area contributed by atoms with E-state index in [2.05, 4.69) is 0 Å². The summed E-state index contributed by atoms with van der Waals surface area (Å²) in [7, 11) is -0.257. The van der Waals surface area contributed by atoms with E-state index in [-0.39, 0.29) is 24.6 Å². The molecule has 7 heteroatoms. The van der Waals surface area contributed by atoms with Gasteiger partial charge in [-0.05, 0) is 17.2 Å². The summed E-state index contributed by atoms with van der Waals surface area (Å²) in [6.07, 6.45) is 0. The third-order valence-corrected chi connectivity index (χ3v) is 3.58. The van der Waals surface area contributed by atoms with Gasteiger partial charge in [0.15, 0.2) is 11.5 Å². The van der Waals surface area contributed by atoms with Crippen LogP contribution in [0.2, 0.25) is 0 Å². The fraction of sp³-hybridized carbons (Fsp3) is 0.250. The molecule has 0 saturated heterocycles. The second kappa shape index (κ2) is 6.91. The molecular formula is C16H17BO6. The third-order valence-electron chi connectivity index (χ3n) is 3.58. The molecule has 2 aromatic carbocycles. The molecule has 2 N–H and O–H groups in total. The molecular weight excluding hydrogens is 299 g/mol. The Morgan fingerprint density at radius 2 is 1.91 bits per heavy atom. The van der Waals surface area contributed by atoms with Gasteiger partial charge in [-0.1, -0.05) is 30.3 Å². The Kier molecular flexibility index (Phi) is 4.71. The molecule has 0 aliphatic carbocycles. The molecule has 0 spiro atoms. The van der Waals surface area contributed by atoms with Gasteiger partial charge in [-0.15, -0.1) is 0 Å². The van der Waals surface area contributed by atoms with Crippen LogP contribution in [-0.2, 0) is 18.0 Å². The fourth-order valence-corrected chi connectivity index (χ4v) is 2.54. The number of methoxy groups -OCH3 is 1. The quantitative estimate of drug-likeness (QED) is 0.769. The first kappa shape index (κ1) is 15.7. The number of hydrogen-bond donors (Lipinski definition) is 2. The lowest BCUT2D eigenvalue weighted by atomic mass is 9.76. The van der Waals surface area contributed by atoms with Crippen molar-refractivity contribution in [3.63, 3.8) is 0 Å². The van der Waals surface area contributed by atoms with Crippen LogP contribution in [0.15, 0.2) is 36.4 Å². The van der Waals surface area contributed by atoms with Gasteiger partial charge in [0, 0.05) is 5.46 Å². The molecule has 1 heterocycles. The monoisotopic (exact) mass is 316 g/mol. The van der Waals surface area contributed by atoms with Gasteiger partial charge in [0.05, 0.1) is 20.3 Å². The van der Waals surface area contributed by atoms with Gasteiger partial charge < -0.3 is 29.0 Å². The second-order valence-corrected chi connectivity index (χ2v) is 5.07. The highest BCUT2D eigenvalue weighted by Gasteiger charge is 2.30. The maximum atomic E-state index is 9.69. The molecule has 0 atom stereocenters. The molecule has 6 nitrogen and oxygen atoms in total. The molecule has 0 bridgehead atoms. The zero-order valence-corrected chi connectivity index (χ0v) is 12.7. The molecule has 1 aliphatic rings. The summed E-state index contributed by atoms with van der Waals surface area (Å²) in [5, 5.41) is 19.4. The van der Waals surface area contributed by atoms with Crippen LogP contribution in [0.1, 0.15) is 11.1 Å². The first-order valence-electron chi connectivity index (χ1n) is 7.18. The number of fused-ring (bicyclic) bond motifs is 1. The van der Waals surface area contributed by atoms with E-state index < -0.39 is 7.12 Å². The normalized spacial score (nSPS) is 12.3. The molecule has 0 aromatic heterocycles. The Morgan fingerprint density at radius 3 is 2.61 bits per heavy atom. The van der Waals surface area contributed by atoms with Crippen LogP contribution in [0, 0.1) is 0 Å². The summed E-state index contributed by atoms with van der Waals surface area (Å²) in [5.74, 6) is 1.14. The standard InChI is InChI=1S/C16H17BO6/c1-20-16-14(17(18)19)12(7-13-15(16)23-10-22-13)9-21-8-11-5-3-2-4-6-11/h2-7,18-19H,8-10H2,1H3. The van der Waals surface area contributed by atoms with Crippen molar-refractivity contribution in [1.82, 2.24) is 0 Å². The van der Waals surface area contributed by atoms with E-state index in [9.17, 15) is 10.0 Å². The van der Waals surface area contributed by atoms with Crippen LogP contribution in [0.5, 0.6) is 17.2 Å². The molecule has 0 fully saturated rings. The maximum absolute atomic E-state index is 9.69. The lowest BCUT2D eigenvalue weighted by Crippen LogP contribution is -2.34. The maximum Gasteiger partial charge on any atom is 0.492 e. The largest absolute Gasteiger partial charge is 0.493 e. The highest BCUT2D eigenvalue weighted by molar-refractivity contribution is 6.60. The van der Waals surface area contributed by atoms with Crippen LogP contribution >= 0.6 is 0 Å². The van der Waals surface area contributed by atoms with Gasteiger partial charge in [0.2, 0.25) is 12.5 Å². The number of ether oxygens (including phenoxy) is 4. The van der Waals surface area contributed by atoms with Gasteiger partial charge in [0.25, 0.3) is 0 Å². The molecule has 0 amide bonds. The minimum Gasteiger partial charge on any atom is -0.493 e. The van der Waals surface area contributed by atoms with Crippen molar-refractivity contribution in [2.75, 3.05) is 13.9 Å². The van der Waals surface area contributed by atoms with E-state index in [4.69, 9.17) is 18.9 Å². The summed E-state index contributed by atoms with van der Waals surface area (Å²) in [6, 6.07) is 11.4. The predicted molar refractivity (Wildman–Crippen MR) is 83.9 cm³/mol. The summed E-state index contributed by atoms with van der Waals surface area (Å²) in [5.41, 5.74) is 1.84. The summed E-state index contributed by atoms with van der Waals surface area (Å²) < 4.78 is 21.6. The summed E-state index contributed by atoms with van der Waals surface area (Å²) >= 11 is 0. The Labute approximate surface area is 134 Å². The van der Waals surface area contributed by atoms with Crippen LogP contribution < -0.4 is 19.7 Å². The van der Waals surface area contributed by atoms with E-state index >= 15 is 0 Å². The lowest BCUT2D eigenvalue weighted by molar-refractivity contribution is 0.107. The van der Waals surface area contributed by atoms with Crippen LogP contribution in [-0.4, -0.2) is 31.1 Å². The highest BCUT2D eigenvalue weighted by atomic mass is 16.7. The fourth-order valence-electron chi connectivity index (χ4n) is 2.54. The van der Waals surface area contributed by atoms with Gasteiger partial charge in [-0.2, -0.15) is 0 Å². The first-order chi connectivity index (χ1) is 11.2. The van der Waals surface area contributed by atoms with Gasteiger partial charge in [-0.3, -0.25) is 0 Å². The van der Waals surface area contributed by atoms with Crippen molar-refractivity contribution in [3.05, 3.63) is 47.5 Å².